The first-order valence-electron chi connectivity index (χ1n) is 3.41. The second-order valence-corrected chi connectivity index (χ2v) is 2.40. The van der Waals surface area contributed by atoms with Crippen molar-refractivity contribution in [3.05, 3.63) is 24.4 Å². The zero-order valence-electron chi connectivity index (χ0n) is 6.81. The van der Waals surface area contributed by atoms with Crippen LogP contribution in [0.3, 0.4) is 0 Å². The average Bonchev–Trinajstić information content (AvgIpc) is 2.33. The molecule has 64 valence electrons. The molecule has 0 aliphatic rings. The van der Waals surface area contributed by atoms with Crippen LogP contribution in [0, 0.1) is 5.41 Å². The Hall–Kier alpha value is -1.78. The predicted octanol–water partition coefficient (Wildman–Crippen LogP) is 0.639. The Balaban J connectivity index is 2.91. The van der Waals surface area contributed by atoms with Gasteiger partial charge in [-0.05, 0) is 6.92 Å². The molecule has 1 rings (SSSR count). The molecule has 1 aromatic heterocycles. The van der Waals surface area contributed by atoms with Crippen molar-refractivity contribution < 1.29 is 0 Å². The van der Waals surface area contributed by atoms with Crippen LogP contribution in [0.4, 0.5) is 5.82 Å². The summed E-state index contributed by atoms with van der Waals surface area (Å²) >= 11 is 0. The molecule has 0 bridgehead atoms. The van der Waals surface area contributed by atoms with Gasteiger partial charge < -0.3 is 21.4 Å². The van der Waals surface area contributed by atoms with Crippen LogP contribution in [0.1, 0.15) is 12.6 Å². The Labute approximate surface area is 70.2 Å². The number of hydrogen-bond donors (Lipinski definition) is 4. The van der Waals surface area contributed by atoms with Gasteiger partial charge in [-0.25, -0.2) is 4.98 Å². The van der Waals surface area contributed by atoms with Crippen molar-refractivity contribution in [2.75, 3.05) is 5.32 Å². The number of anilines is 1. The van der Waals surface area contributed by atoms with Gasteiger partial charge in [-0.2, -0.15) is 0 Å². The van der Waals surface area contributed by atoms with Gasteiger partial charge in [0.1, 0.15) is 5.69 Å². The lowest BCUT2D eigenvalue weighted by molar-refractivity contribution is 1.27. The molecule has 1 aromatic rings. The second-order valence-electron chi connectivity index (χ2n) is 2.40. The number of nitrogens with zero attached hydrogens (tertiary/aromatic N) is 1. The Kier molecular flexibility index (Phi) is 2.14. The van der Waals surface area contributed by atoms with Crippen molar-refractivity contribution in [1.82, 2.24) is 9.97 Å². The van der Waals surface area contributed by atoms with E-state index >= 15 is 0 Å². The fourth-order valence-electron chi connectivity index (χ4n) is 0.827. The molecule has 0 atom stereocenters. The lowest BCUT2D eigenvalue weighted by Crippen LogP contribution is -2.09. The molecule has 0 spiro atoms. The molecule has 0 radical (unpaired) electrons. The summed E-state index contributed by atoms with van der Waals surface area (Å²) in [4.78, 5) is 6.74. The van der Waals surface area contributed by atoms with Crippen LogP contribution in [0.15, 0.2) is 18.7 Å². The number of H-pyrrole nitrogens is 1. The van der Waals surface area contributed by atoms with Crippen LogP contribution in [-0.4, -0.2) is 15.7 Å². The highest BCUT2D eigenvalue weighted by Gasteiger charge is 2.06. The van der Waals surface area contributed by atoms with Gasteiger partial charge in [-0.3, -0.25) is 0 Å². The number of aromatic nitrogens is 2. The standard InChI is InChI=1S/C7H11N5/c1-4(8)6-7(11-3-10-6)12-5(2)9/h3,8,12H,2,9H2,1H3,(H,10,11). The van der Waals surface area contributed by atoms with Gasteiger partial charge >= 0.3 is 0 Å². The van der Waals surface area contributed by atoms with Crippen molar-refractivity contribution in [2.45, 2.75) is 6.92 Å². The third-order valence-electron chi connectivity index (χ3n) is 1.29. The van der Waals surface area contributed by atoms with E-state index in [1.165, 1.54) is 6.33 Å². The lowest BCUT2D eigenvalue weighted by Gasteiger charge is -2.02. The Morgan fingerprint density at radius 3 is 3.00 bits per heavy atom. The third-order valence-corrected chi connectivity index (χ3v) is 1.29. The van der Waals surface area contributed by atoms with Crippen LogP contribution < -0.4 is 11.1 Å². The predicted molar refractivity (Wildman–Crippen MR) is 48.0 cm³/mol. The summed E-state index contributed by atoms with van der Waals surface area (Å²) in [5, 5.41) is 10.1. The molecular weight excluding hydrogens is 154 g/mol. The lowest BCUT2D eigenvalue weighted by atomic mass is 10.3. The van der Waals surface area contributed by atoms with Crippen LogP contribution in [0.5, 0.6) is 0 Å². The van der Waals surface area contributed by atoms with E-state index in [4.69, 9.17) is 11.1 Å². The monoisotopic (exact) mass is 165 g/mol. The number of aromatic amines is 1. The van der Waals surface area contributed by atoms with Gasteiger partial charge in [0.25, 0.3) is 0 Å². The largest absolute Gasteiger partial charge is 0.386 e. The number of nitrogens with two attached hydrogens (primary N) is 1. The molecule has 5 heteroatoms. The topological polar surface area (TPSA) is 90.6 Å². The quantitative estimate of drug-likeness (QED) is 0.495. The SMILES string of the molecule is C=C(N)Nc1nc[nH]c1C(C)=N. The third kappa shape index (κ3) is 1.63. The number of rotatable bonds is 3. The van der Waals surface area contributed by atoms with Crippen LogP contribution in [0.25, 0.3) is 0 Å². The summed E-state index contributed by atoms with van der Waals surface area (Å²) in [6.07, 6.45) is 1.50. The minimum absolute atomic E-state index is 0.310. The molecule has 0 unspecified atom stereocenters. The first kappa shape index (κ1) is 8.32. The summed E-state index contributed by atoms with van der Waals surface area (Å²) in [5.41, 5.74) is 6.35. The molecule has 0 amide bonds. The summed E-state index contributed by atoms with van der Waals surface area (Å²) < 4.78 is 0. The molecule has 5 N–H and O–H groups in total. The highest BCUT2D eigenvalue weighted by molar-refractivity contribution is 5.98. The Morgan fingerprint density at radius 1 is 1.83 bits per heavy atom. The maximum atomic E-state index is 7.36. The summed E-state index contributed by atoms with van der Waals surface area (Å²) in [6, 6.07) is 0. The molecule has 0 saturated heterocycles. The van der Waals surface area contributed by atoms with Crippen molar-refractivity contribution in [3.8, 4) is 0 Å². The minimum Gasteiger partial charge on any atom is -0.386 e. The van der Waals surface area contributed by atoms with Crippen molar-refractivity contribution in [1.29, 1.82) is 5.41 Å². The molecule has 0 aromatic carbocycles. The van der Waals surface area contributed by atoms with Crippen molar-refractivity contribution >= 4 is 11.5 Å². The summed E-state index contributed by atoms with van der Waals surface area (Å²) in [6.45, 7) is 5.14. The average molecular weight is 165 g/mol. The molecular formula is C7H11N5. The van der Waals surface area contributed by atoms with Gasteiger partial charge in [0.05, 0.1) is 17.9 Å². The maximum Gasteiger partial charge on any atom is 0.158 e. The van der Waals surface area contributed by atoms with E-state index in [1.807, 2.05) is 0 Å². The van der Waals surface area contributed by atoms with Crippen molar-refractivity contribution in [2.24, 2.45) is 5.73 Å². The second kappa shape index (κ2) is 3.08. The van der Waals surface area contributed by atoms with E-state index in [9.17, 15) is 0 Å². The van der Waals surface area contributed by atoms with E-state index in [0.29, 0.717) is 23.0 Å². The molecule has 0 saturated carbocycles. The van der Waals surface area contributed by atoms with Crippen LogP contribution >= 0.6 is 0 Å². The van der Waals surface area contributed by atoms with Crippen LogP contribution in [0.2, 0.25) is 0 Å². The van der Waals surface area contributed by atoms with E-state index in [0.717, 1.165) is 0 Å². The summed E-state index contributed by atoms with van der Waals surface area (Å²) in [5.74, 6) is 0.847. The maximum absolute atomic E-state index is 7.36. The first-order chi connectivity index (χ1) is 5.61. The van der Waals surface area contributed by atoms with E-state index in [2.05, 4.69) is 21.9 Å². The van der Waals surface area contributed by atoms with Gasteiger partial charge in [-0.15, -0.1) is 0 Å². The molecule has 0 fully saturated rings. The van der Waals surface area contributed by atoms with E-state index in [-0.39, 0.29) is 0 Å². The smallest absolute Gasteiger partial charge is 0.158 e. The molecule has 5 nitrogen and oxygen atoms in total. The van der Waals surface area contributed by atoms with E-state index in [1.54, 1.807) is 6.92 Å². The number of imidazole rings is 1. The van der Waals surface area contributed by atoms with Gasteiger partial charge in [0, 0.05) is 0 Å². The summed E-state index contributed by atoms with van der Waals surface area (Å²) in [7, 11) is 0. The Bertz CT molecular complexity index is 311. The number of nitrogens with one attached hydrogen (secondary N) is 3. The molecule has 1 heterocycles. The van der Waals surface area contributed by atoms with Gasteiger partial charge in [0.15, 0.2) is 5.82 Å². The van der Waals surface area contributed by atoms with Crippen LogP contribution in [-0.2, 0) is 0 Å². The first-order valence-corrected chi connectivity index (χ1v) is 3.41. The van der Waals surface area contributed by atoms with Crippen molar-refractivity contribution in [3.63, 3.8) is 0 Å². The zero-order valence-corrected chi connectivity index (χ0v) is 6.81. The molecule has 0 aliphatic heterocycles. The molecule has 0 aliphatic carbocycles. The highest BCUT2D eigenvalue weighted by atomic mass is 15.1. The van der Waals surface area contributed by atoms with Gasteiger partial charge in [-0.1, -0.05) is 6.58 Å². The fourth-order valence-corrected chi connectivity index (χ4v) is 0.827. The Morgan fingerprint density at radius 2 is 2.50 bits per heavy atom. The highest BCUT2D eigenvalue weighted by Crippen LogP contribution is 2.10. The molecule has 12 heavy (non-hydrogen) atoms. The zero-order chi connectivity index (χ0) is 9.14. The fraction of sp³-hybridized carbons (Fsp3) is 0.143. The normalized spacial score (nSPS) is 9.42. The van der Waals surface area contributed by atoms with E-state index < -0.39 is 0 Å². The van der Waals surface area contributed by atoms with Gasteiger partial charge in [0.2, 0.25) is 0 Å². The number of hydrogen-bond acceptors (Lipinski definition) is 4. The minimum atomic E-state index is 0.310.